The molecule has 0 aromatic heterocycles. The van der Waals surface area contributed by atoms with E-state index in [0.717, 1.165) is 27.7 Å². The summed E-state index contributed by atoms with van der Waals surface area (Å²) < 4.78 is 30.9. The molecule has 218 valence electrons. The summed E-state index contributed by atoms with van der Waals surface area (Å²) >= 11 is 0. The monoisotopic (exact) mass is 567 g/mol. The Morgan fingerprint density at radius 3 is 1.85 bits per heavy atom. The lowest BCUT2D eigenvalue weighted by molar-refractivity contribution is -0.290. The van der Waals surface area contributed by atoms with Gasteiger partial charge >= 0.3 is 35.8 Å². The highest BCUT2D eigenvalue weighted by Crippen LogP contribution is 2.30. The van der Waals surface area contributed by atoms with Crippen LogP contribution in [-0.4, -0.2) is 83.6 Å². The lowest BCUT2D eigenvalue weighted by Crippen LogP contribution is -2.66. The SMILES string of the molecule is CC(=O)O[C@@H]1O[C@H](C(=O)NC(CC(=O)OCc2ccccc2)C(=O)O)[C@@H](OC(C)=O)[C@H](OC(C)=O)[C@H]1OC(C)=O. The minimum atomic E-state index is -1.95. The van der Waals surface area contributed by atoms with Crippen molar-refractivity contribution in [1.82, 2.24) is 5.32 Å². The molecule has 0 aliphatic carbocycles. The Morgan fingerprint density at radius 1 is 0.800 bits per heavy atom. The van der Waals surface area contributed by atoms with Crippen LogP contribution in [0.3, 0.4) is 0 Å². The molecule has 0 bridgehead atoms. The summed E-state index contributed by atoms with van der Waals surface area (Å²) in [5, 5.41) is 11.7. The maximum absolute atomic E-state index is 13.2. The molecule has 1 aromatic carbocycles. The fraction of sp³-hybridized carbons (Fsp3) is 0.480. The van der Waals surface area contributed by atoms with E-state index in [9.17, 15) is 38.7 Å². The third kappa shape index (κ3) is 9.65. The van der Waals surface area contributed by atoms with Crippen LogP contribution in [0.2, 0.25) is 0 Å². The van der Waals surface area contributed by atoms with E-state index in [2.05, 4.69) is 5.32 Å². The first-order valence-corrected chi connectivity index (χ1v) is 11.9. The van der Waals surface area contributed by atoms with Crippen LogP contribution in [0.25, 0.3) is 0 Å². The number of hydrogen-bond donors (Lipinski definition) is 2. The van der Waals surface area contributed by atoms with Crippen molar-refractivity contribution in [2.75, 3.05) is 0 Å². The summed E-state index contributed by atoms with van der Waals surface area (Å²) in [6.45, 7) is 3.75. The predicted octanol–water partition coefficient (Wildman–Crippen LogP) is -0.228. The van der Waals surface area contributed by atoms with Crippen LogP contribution in [0.5, 0.6) is 0 Å². The molecule has 1 aliphatic heterocycles. The number of ether oxygens (including phenoxy) is 6. The second-order valence-electron chi connectivity index (χ2n) is 8.51. The molecule has 40 heavy (non-hydrogen) atoms. The van der Waals surface area contributed by atoms with Crippen molar-refractivity contribution in [2.45, 2.75) is 77.5 Å². The Morgan fingerprint density at radius 2 is 1.32 bits per heavy atom. The van der Waals surface area contributed by atoms with Crippen molar-refractivity contribution >= 4 is 41.7 Å². The lowest BCUT2D eigenvalue weighted by Gasteiger charge is -2.43. The number of amides is 1. The molecular weight excluding hydrogens is 538 g/mol. The van der Waals surface area contributed by atoms with Crippen molar-refractivity contribution < 1.29 is 67.1 Å². The summed E-state index contributed by atoms with van der Waals surface area (Å²) in [4.78, 5) is 84.5. The highest BCUT2D eigenvalue weighted by atomic mass is 16.7. The average Bonchev–Trinajstić information content (AvgIpc) is 2.85. The number of nitrogens with one attached hydrogen (secondary N) is 1. The van der Waals surface area contributed by atoms with Gasteiger partial charge in [-0.1, -0.05) is 30.3 Å². The van der Waals surface area contributed by atoms with Gasteiger partial charge in [0, 0.05) is 27.7 Å². The third-order valence-electron chi connectivity index (χ3n) is 5.17. The number of carbonyl (C=O) groups is 7. The van der Waals surface area contributed by atoms with Gasteiger partial charge in [-0.2, -0.15) is 0 Å². The van der Waals surface area contributed by atoms with Gasteiger partial charge in [-0.15, -0.1) is 0 Å². The van der Waals surface area contributed by atoms with Crippen LogP contribution in [0.15, 0.2) is 30.3 Å². The first-order chi connectivity index (χ1) is 18.8. The van der Waals surface area contributed by atoms with Gasteiger partial charge in [0.2, 0.25) is 12.4 Å². The van der Waals surface area contributed by atoms with Gasteiger partial charge in [-0.05, 0) is 5.56 Å². The minimum absolute atomic E-state index is 0.147. The highest BCUT2D eigenvalue weighted by Gasteiger charge is 2.55. The van der Waals surface area contributed by atoms with Crippen molar-refractivity contribution in [2.24, 2.45) is 0 Å². The summed E-state index contributed by atoms with van der Waals surface area (Å²) in [6.07, 6.45) is -9.79. The number of benzene rings is 1. The van der Waals surface area contributed by atoms with Crippen LogP contribution >= 0.6 is 0 Å². The fourth-order valence-electron chi connectivity index (χ4n) is 3.66. The molecule has 0 saturated carbocycles. The largest absolute Gasteiger partial charge is 0.480 e. The standard InChI is InChI=1S/C25H29NO14/c1-12(27)36-19-20(37-13(2)28)22(38-14(3)29)25(39-15(4)30)40-21(19)23(32)26-17(24(33)34)10-18(31)35-11-16-8-6-5-7-9-16/h5-9,17,19-22,25H,10-11H2,1-4H3,(H,26,32)(H,33,34)/t17?,19-,20-,21-,22+,25+/m0/s1. The molecule has 2 N–H and O–H groups in total. The Bertz CT molecular complexity index is 1120. The summed E-state index contributed by atoms with van der Waals surface area (Å²) in [5.41, 5.74) is 0.641. The fourth-order valence-corrected chi connectivity index (χ4v) is 3.66. The molecule has 15 nitrogen and oxygen atoms in total. The number of hydrogen-bond acceptors (Lipinski definition) is 13. The van der Waals surface area contributed by atoms with E-state index < -0.39 is 84.9 Å². The number of carbonyl (C=O) groups excluding carboxylic acids is 6. The molecule has 1 heterocycles. The maximum atomic E-state index is 13.2. The van der Waals surface area contributed by atoms with E-state index in [-0.39, 0.29) is 6.61 Å². The van der Waals surface area contributed by atoms with Crippen LogP contribution in [0.4, 0.5) is 0 Å². The molecule has 1 aliphatic rings. The summed E-state index contributed by atoms with van der Waals surface area (Å²) in [7, 11) is 0. The first kappa shape index (κ1) is 31.7. The molecule has 0 radical (unpaired) electrons. The Hall–Kier alpha value is -4.53. The molecule has 15 heteroatoms. The molecular formula is C25H29NO14. The average molecular weight is 568 g/mol. The molecule has 6 atom stereocenters. The van der Waals surface area contributed by atoms with Gasteiger partial charge in [0.15, 0.2) is 18.3 Å². The number of aliphatic carboxylic acids is 1. The number of rotatable bonds is 11. The van der Waals surface area contributed by atoms with Gasteiger partial charge in [0.1, 0.15) is 12.6 Å². The van der Waals surface area contributed by atoms with E-state index >= 15 is 0 Å². The zero-order valence-corrected chi connectivity index (χ0v) is 22.0. The molecule has 1 unspecified atom stereocenters. The van der Waals surface area contributed by atoms with E-state index in [0.29, 0.717) is 5.56 Å². The Balaban J connectivity index is 2.31. The first-order valence-electron chi connectivity index (χ1n) is 11.9. The summed E-state index contributed by atoms with van der Waals surface area (Å²) in [5.74, 6) is -7.61. The van der Waals surface area contributed by atoms with Crippen molar-refractivity contribution in [3.63, 3.8) is 0 Å². The number of carboxylic acids is 1. The van der Waals surface area contributed by atoms with E-state index in [4.69, 9.17) is 28.4 Å². The molecule has 0 spiro atoms. The third-order valence-corrected chi connectivity index (χ3v) is 5.17. The zero-order valence-electron chi connectivity index (χ0n) is 22.0. The van der Waals surface area contributed by atoms with Gasteiger partial charge in [0.25, 0.3) is 5.91 Å². The molecule has 1 fully saturated rings. The predicted molar refractivity (Wildman–Crippen MR) is 128 cm³/mol. The minimum Gasteiger partial charge on any atom is -0.480 e. The molecule has 1 aromatic rings. The number of esters is 5. The summed E-state index contributed by atoms with van der Waals surface area (Å²) in [6, 6.07) is 6.71. The second-order valence-corrected chi connectivity index (χ2v) is 8.51. The second kappa shape index (κ2) is 14.6. The Kier molecular flexibility index (Phi) is 11.5. The van der Waals surface area contributed by atoms with Crippen molar-refractivity contribution in [3.8, 4) is 0 Å². The zero-order chi connectivity index (χ0) is 30.0. The molecule has 1 saturated heterocycles. The quantitative estimate of drug-likeness (QED) is 0.262. The molecule has 2 rings (SSSR count). The van der Waals surface area contributed by atoms with Gasteiger partial charge in [-0.3, -0.25) is 28.8 Å². The van der Waals surface area contributed by atoms with Crippen LogP contribution in [-0.2, 0) is 68.6 Å². The van der Waals surface area contributed by atoms with E-state index in [1.807, 2.05) is 0 Å². The van der Waals surface area contributed by atoms with Gasteiger partial charge in [0.05, 0.1) is 6.42 Å². The topological polar surface area (TPSA) is 207 Å². The van der Waals surface area contributed by atoms with Crippen molar-refractivity contribution in [3.05, 3.63) is 35.9 Å². The normalized spacial score (nSPS) is 22.6. The Labute approximate surface area is 228 Å². The number of carboxylic acid groups (broad SMARTS) is 1. The van der Waals surface area contributed by atoms with Crippen LogP contribution in [0.1, 0.15) is 39.7 Å². The van der Waals surface area contributed by atoms with Crippen molar-refractivity contribution in [1.29, 1.82) is 0 Å². The molecule has 1 amide bonds. The van der Waals surface area contributed by atoms with E-state index in [1.54, 1.807) is 30.3 Å². The van der Waals surface area contributed by atoms with Gasteiger partial charge in [-0.25, -0.2) is 4.79 Å². The lowest BCUT2D eigenvalue weighted by atomic mass is 9.96. The highest BCUT2D eigenvalue weighted by molar-refractivity contribution is 5.89. The van der Waals surface area contributed by atoms with E-state index in [1.165, 1.54) is 0 Å². The van der Waals surface area contributed by atoms with Crippen LogP contribution < -0.4 is 5.32 Å². The maximum Gasteiger partial charge on any atom is 0.326 e. The van der Waals surface area contributed by atoms with Gasteiger partial charge < -0.3 is 38.8 Å². The smallest absolute Gasteiger partial charge is 0.326 e. The van der Waals surface area contributed by atoms with Crippen LogP contribution in [0, 0.1) is 0 Å².